The molecule has 180 valence electrons. The predicted octanol–water partition coefficient (Wildman–Crippen LogP) is 4.35. The summed E-state index contributed by atoms with van der Waals surface area (Å²) in [6, 6.07) is 14.8. The van der Waals surface area contributed by atoms with Crippen LogP contribution in [0.15, 0.2) is 59.5 Å². The number of hydrogen-bond acceptors (Lipinski definition) is 5. The summed E-state index contributed by atoms with van der Waals surface area (Å²) >= 11 is 0. The molecule has 0 radical (unpaired) electrons. The maximum Gasteiger partial charge on any atom is 0.269 e. The van der Waals surface area contributed by atoms with E-state index >= 15 is 0 Å². The number of rotatable bonds is 15. The van der Waals surface area contributed by atoms with Crippen LogP contribution < -0.4 is 10.0 Å². The van der Waals surface area contributed by atoms with Crippen LogP contribution >= 0.6 is 0 Å². The van der Waals surface area contributed by atoms with E-state index in [1.165, 1.54) is 24.3 Å². The highest BCUT2D eigenvalue weighted by Crippen LogP contribution is 2.16. The van der Waals surface area contributed by atoms with E-state index in [4.69, 9.17) is 0 Å². The molecule has 0 spiro atoms. The number of nitrogens with one attached hydrogen (secondary N) is 2. The number of carbonyl (C=O) groups excluding carboxylic acids is 1. The summed E-state index contributed by atoms with van der Waals surface area (Å²) < 4.78 is 27.3. The fourth-order valence-electron chi connectivity index (χ4n) is 3.51. The number of nitrogens with zero attached hydrogens (tertiary/aromatic N) is 1. The van der Waals surface area contributed by atoms with Crippen molar-refractivity contribution in [2.24, 2.45) is 0 Å². The Kier molecular flexibility index (Phi) is 11.0. The number of nitro groups is 1. The molecule has 0 bridgehead atoms. The first-order valence-electron chi connectivity index (χ1n) is 11.4. The van der Waals surface area contributed by atoms with Gasteiger partial charge in [0.25, 0.3) is 5.69 Å². The van der Waals surface area contributed by atoms with Crippen LogP contribution in [0.3, 0.4) is 0 Å². The Morgan fingerprint density at radius 3 is 2.33 bits per heavy atom. The smallest absolute Gasteiger partial charge is 0.269 e. The average molecular weight is 476 g/mol. The average Bonchev–Trinajstić information content (AvgIpc) is 2.79. The van der Waals surface area contributed by atoms with Crippen LogP contribution in [-0.4, -0.2) is 31.8 Å². The second kappa shape index (κ2) is 13.7. The van der Waals surface area contributed by atoms with E-state index in [9.17, 15) is 23.3 Å². The molecule has 2 aromatic carbocycles. The molecule has 0 saturated heterocycles. The number of amides is 1. The van der Waals surface area contributed by atoms with Crippen molar-refractivity contribution in [3.8, 4) is 0 Å². The number of non-ortho nitro benzene ring substituents is 1. The van der Waals surface area contributed by atoms with Crippen molar-refractivity contribution < 1.29 is 18.1 Å². The van der Waals surface area contributed by atoms with Crippen LogP contribution in [0.2, 0.25) is 0 Å². The third kappa shape index (κ3) is 9.71. The van der Waals surface area contributed by atoms with Crippen molar-refractivity contribution in [2.75, 3.05) is 6.54 Å². The molecule has 1 atom stereocenters. The summed E-state index contributed by atoms with van der Waals surface area (Å²) in [5.74, 6) is 0.0586. The van der Waals surface area contributed by atoms with Crippen LogP contribution in [0.4, 0.5) is 5.69 Å². The topological polar surface area (TPSA) is 118 Å². The highest BCUT2D eigenvalue weighted by molar-refractivity contribution is 7.89. The lowest BCUT2D eigenvalue weighted by Gasteiger charge is -2.19. The molecule has 2 N–H and O–H groups in total. The van der Waals surface area contributed by atoms with Crippen molar-refractivity contribution in [1.29, 1.82) is 0 Å². The van der Waals surface area contributed by atoms with Gasteiger partial charge in [-0.05, 0) is 43.4 Å². The third-order valence-corrected chi connectivity index (χ3v) is 6.80. The molecule has 33 heavy (non-hydrogen) atoms. The first-order valence-corrected chi connectivity index (χ1v) is 12.9. The van der Waals surface area contributed by atoms with Crippen LogP contribution in [0.25, 0.3) is 0 Å². The van der Waals surface area contributed by atoms with E-state index < -0.39 is 14.9 Å². The van der Waals surface area contributed by atoms with Gasteiger partial charge in [0, 0.05) is 31.1 Å². The molecule has 2 rings (SSSR count). The third-order valence-electron chi connectivity index (χ3n) is 5.33. The molecule has 0 fully saturated rings. The molecule has 0 heterocycles. The van der Waals surface area contributed by atoms with Crippen molar-refractivity contribution in [3.63, 3.8) is 0 Å². The molecular weight excluding hydrogens is 442 g/mol. The first-order chi connectivity index (χ1) is 15.8. The first kappa shape index (κ1) is 26.5. The Bertz CT molecular complexity index is 979. The number of hydrogen-bond donors (Lipinski definition) is 2. The van der Waals surface area contributed by atoms with Crippen molar-refractivity contribution in [2.45, 2.75) is 69.2 Å². The highest BCUT2D eigenvalue weighted by Gasteiger charge is 2.16. The van der Waals surface area contributed by atoms with Crippen LogP contribution in [0.5, 0.6) is 0 Å². The summed E-state index contributed by atoms with van der Waals surface area (Å²) in [6.07, 6.45) is 6.34. The Balaban J connectivity index is 1.83. The van der Waals surface area contributed by atoms with Gasteiger partial charge in [-0.25, -0.2) is 13.1 Å². The SMILES string of the molecule is CCCCCC(=O)NC(CCCCNS(=O)(=O)c1ccc([N+](=O)[O-])cc1)Cc1ccccc1. The van der Waals surface area contributed by atoms with E-state index in [1.54, 1.807) is 0 Å². The van der Waals surface area contributed by atoms with E-state index in [0.717, 1.165) is 44.1 Å². The molecule has 0 saturated carbocycles. The Hall–Kier alpha value is -2.78. The molecule has 9 heteroatoms. The second-order valence-electron chi connectivity index (χ2n) is 8.06. The summed E-state index contributed by atoms with van der Waals surface area (Å²) in [5, 5.41) is 13.9. The summed E-state index contributed by atoms with van der Waals surface area (Å²) in [4.78, 5) is 22.5. The van der Waals surface area contributed by atoms with Crippen LogP contribution in [0, 0.1) is 10.1 Å². The molecule has 1 amide bonds. The lowest BCUT2D eigenvalue weighted by molar-refractivity contribution is -0.384. The van der Waals surface area contributed by atoms with E-state index in [2.05, 4.69) is 17.0 Å². The van der Waals surface area contributed by atoms with E-state index in [-0.39, 0.29) is 29.1 Å². The quantitative estimate of drug-likeness (QED) is 0.225. The molecule has 2 aromatic rings. The molecule has 0 aliphatic carbocycles. The maximum absolute atomic E-state index is 12.4. The predicted molar refractivity (Wildman–Crippen MR) is 128 cm³/mol. The van der Waals surface area contributed by atoms with Gasteiger partial charge in [0.05, 0.1) is 9.82 Å². The van der Waals surface area contributed by atoms with Gasteiger partial charge in [0.2, 0.25) is 15.9 Å². The Labute approximate surface area is 196 Å². The lowest BCUT2D eigenvalue weighted by atomic mass is 10.0. The number of nitro benzene ring substituents is 1. The standard InChI is InChI=1S/C24H33N3O5S/c1-2-3-5-13-24(28)26-21(19-20-10-6-4-7-11-20)12-8-9-18-25-33(31,32)23-16-14-22(15-17-23)27(29)30/h4,6-7,10-11,14-17,21,25H,2-3,5,8-9,12-13,18-19H2,1H3,(H,26,28). The number of benzene rings is 2. The Morgan fingerprint density at radius 2 is 1.70 bits per heavy atom. The minimum Gasteiger partial charge on any atom is -0.353 e. The van der Waals surface area contributed by atoms with Gasteiger partial charge in [-0.2, -0.15) is 0 Å². The van der Waals surface area contributed by atoms with Gasteiger partial charge in [0.15, 0.2) is 0 Å². The number of unbranched alkanes of at least 4 members (excludes halogenated alkanes) is 3. The van der Waals surface area contributed by atoms with Gasteiger partial charge in [-0.1, -0.05) is 56.5 Å². The zero-order valence-corrected chi connectivity index (χ0v) is 19.9. The largest absolute Gasteiger partial charge is 0.353 e. The molecule has 0 aliphatic rings. The zero-order chi connectivity index (χ0) is 24.1. The number of sulfonamides is 1. The zero-order valence-electron chi connectivity index (χ0n) is 19.0. The van der Waals surface area contributed by atoms with Crippen LogP contribution in [0.1, 0.15) is 57.4 Å². The molecule has 0 aliphatic heterocycles. The van der Waals surface area contributed by atoms with E-state index in [1.807, 2.05) is 30.3 Å². The fraction of sp³-hybridized carbons (Fsp3) is 0.458. The molecule has 1 unspecified atom stereocenters. The minimum atomic E-state index is -3.73. The van der Waals surface area contributed by atoms with Crippen LogP contribution in [-0.2, 0) is 21.2 Å². The monoisotopic (exact) mass is 475 g/mol. The summed E-state index contributed by atoms with van der Waals surface area (Å²) in [7, 11) is -3.73. The normalized spacial score (nSPS) is 12.3. The summed E-state index contributed by atoms with van der Waals surface area (Å²) in [6.45, 7) is 2.35. The maximum atomic E-state index is 12.4. The summed E-state index contributed by atoms with van der Waals surface area (Å²) in [5.41, 5.74) is 0.991. The Morgan fingerprint density at radius 1 is 1.00 bits per heavy atom. The van der Waals surface area contributed by atoms with Gasteiger partial charge < -0.3 is 5.32 Å². The second-order valence-corrected chi connectivity index (χ2v) is 9.82. The number of carbonyl (C=O) groups is 1. The van der Waals surface area contributed by atoms with Gasteiger partial charge in [0.1, 0.15) is 0 Å². The van der Waals surface area contributed by atoms with Gasteiger partial charge >= 0.3 is 0 Å². The van der Waals surface area contributed by atoms with Gasteiger partial charge in [-0.3, -0.25) is 14.9 Å². The van der Waals surface area contributed by atoms with E-state index in [0.29, 0.717) is 12.8 Å². The lowest BCUT2D eigenvalue weighted by Crippen LogP contribution is -2.36. The van der Waals surface area contributed by atoms with Gasteiger partial charge in [-0.15, -0.1) is 0 Å². The minimum absolute atomic E-state index is 0.00519. The van der Waals surface area contributed by atoms with Crippen molar-refractivity contribution >= 4 is 21.6 Å². The van der Waals surface area contributed by atoms with Crippen molar-refractivity contribution in [3.05, 3.63) is 70.3 Å². The highest BCUT2D eigenvalue weighted by atomic mass is 32.2. The molecule has 8 nitrogen and oxygen atoms in total. The molecule has 0 aromatic heterocycles. The molecular formula is C24H33N3O5S. The van der Waals surface area contributed by atoms with Crippen molar-refractivity contribution in [1.82, 2.24) is 10.0 Å². The fourth-order valence-corrected chi connectivity index (χ4v) is 4.59.